The number of nitro benzene ring substituents is 1. The highest BCUT2D eigenvalue weighted by molar-refractivity contribution is 9.11. The van der Waals surface area contributed by atoms with Crippen LogP contribution < -0.4 is 4.90 Å². The Labute approximate surface area is 190 Å². The molecule has 2 aromatic carbocycles. The van der Waals surface area contributed by atoms with E-state index >= 15 is 0 Å². The van der Waals surface area contributed by atoms with Crippen LogP contribution in [0, 0.1) is 17.0 Å². The number of benzene rings is 2. The molecule has 31 heavy (non-hydrogen) atoms. The quantitative estimate of drug-likeness (QED) is 0.267. The maximum atomic E-state index is 13.6. The van der Waals surface area contributed by atoms with Crippen molar-refractivity contribution in [1.82, 2.24) is 0 Å². The summed E-state index contributed by atoms with van der Waals surface area (Å²) in [7, 11) is -4.17. The Morgan fingerprint density at radius 2 is 1.87 bits per heavy atom. The summed E-state index contributed by atoms with van der Waals surface area (Å²) in [6.07, 6.45) is 1.35. The molecule has 1 fully saturated rings. The minimum absolute atomic E-state index is 0.153. The van der Waals surface area contributed by atoms with Crippen molar-refractivity contribution in [3.63, 3.8) is 0 Å². The van der Waals surface area contributed by atoms with E-state index in [0.717, 1.165) is 9.35 Å². The van der Waals surface area contributed by atoms with E-state index in [4.69, 9.17) is 0 Å². The molecule has 1 aromatic heterocycles. The van der Waals surface area contributed by atoms with Crippen LogP contribution in [0.1, 0.15) is 21.4 Å². The van der Waals surface area contributed by atoms with Crippen LogP contribution in [-0.4, -0.2) is 19.2 Å². The summed E-state index contributed by atoms with van der Waals surface area (Å²) in [5.74, 6) is -0.674. The van der Waals surface area contributed by atoms with Gasteiger partial charge in [0, 0.05) is 22.7 Å². The second-order valence-corrected chi connectivity index (χ2v) is 11.4. The van der Waals surface area contributed by atoms with Crippen molar-refractivity contribution in [3.05, 3.63) is 95.5 Å². The van der Waals surface area contributed by atoms with Crippen molar-refractivity contribution < 1.29 is 18.1 Å². The summed E-state index contributed by atoms with van der Waals surface area (Å²) >= 11 is 4.63. The lowest BCUT2D eigenvalue weighted by Crippen LogP contribution is -2.29. The van der Waals surface area contributed by atoms with Gasteiger partial charge in [-0.15, -0.1) is 11.3 Å². The molecular formula is C21H15BrN2O5S2. The molecule has 0 saturated carbocycles. The van der Waals surface area contributed by atoms with Crippen molar-refractivity contribution in [3.8, 4) is 0 Å². The number of nitro groups is 1. The predicted octanol–water partition coefficient (Wildman–Crippen LogP) is 5.23. The molecule has 2 heterocycles. The van der Waals surface area contributed by atoms with Crippen LogP contribution in [0.3, 0.4) is 0 Å². The van der Waals surface area contributed by atoms with Gasteiger partial charge in [-0.05, 0) is 64.3 Å². The molecule has 1 unspecified atom stereocenters. The zero-order valence-electron chi connectivity index (χ0n) is 16.1. The first-order valence-electron chi connectivity index (χ1n) is 9.04. The summed E-state index contributed by atoms with van der Waals surface area (Å²) in [5.41, 5.74) is 1.16. The van der Waals surface area contributed by atoms with E-state index in [9.17, 15) is 23.3 Å². The lowest BCUT2D eigenvalue weighted by Gasteiger charge is -2.23. The van der Waals surface area contributed by atoms with Gasteiger partial charge in [0.2, 0.25) is 9.84 Å². The van der Waals surface area contributed by atoms with Crippen molar-refractivity contribution in [1.29, 1.82) is 0 Å². The van der Waals surface area contributed by atoms with Crippen molar-refractivity contribution >= 4 is 60.5 Å². The fraction of sp³-hybridized carbons (Fsp3) is 0.0952. The molecule has 0 N–H and O–H groups in total. The fourth-order valence-corrected chi connectivity index (χ4v) is 6.75. The van der Waals surface area contributed by atoms with E-state index in [1.807, 2.05) is 13.0 Å². The van der Waals surface area contributed by atoms with E-state index in [1.54, 1.807) is 30.3 Å². The van der Waals surface area contributed by atoms with Gasteiger partial charge in [-0.25, -0.2) is 8.42 Å². The van der Waals surface area contributed by atoms with Crippen LogP contribution in [0.5, 0.6) is 0 Å². The predicted molar refractivity (Wildman–Crippen MR) is 123 cm³/mol. The molecule has 10 heteroatoms. The standard InChI is InChI=1S/C21H15BrN2O5S2/c1-13-4-2-6-15(10-13)23-20(25)18(12-17-8-9-19(22)30-17)31(28,29)21(23)14-5-3-7-16(11-14)24(26)27/h2-12,21H,1H3. The number of hydrogen-bond acceptors (Lipinski definition) is 6. The van der Waals surface area contributed by atoms with Crippen molar-refractivity contribution in [2.75, 3.05) is 4.90 Å². The number of non-ortho nitro benzene ring substituents is 1. The van der Waals surface area contributed by atoms with E-state index in [1.165, 1.54) is 46.6 Å². The highest BCUT2D eigenvalue weighted by atomic mass is 79.9. The summed E-state index contributed by atoms with van der Waals surface area (Å²) in [6.45, 7) is 1.83. The first-order valence-corrected chi connectivity index (χ1v) is 12.2. The average molecular weight is 519 g/mol. The monoisotopic (exact) mass is 518 g/mol. The Balaban J connectivity index is 1.94. The Bertz CT molecular complexity index is 1350. The molecule has 1 aliphatic rings. The molecular weight excluding hydrogens is 504 g/mol. The average Bonchev–Trinajstić information content (AvgIpc) is 3.21. The third kappa shape index (κ3) is 3.93. The van der Waals surface area contributed by atoms with Crippen LogP contribution in [0.15, 0.2) is 69.4 Å². The first-order chi connectivity index (χ1) is 14.7. The highest BCUT2D eigenvalue weighted by Crippen LogP contribution is 2.44. The number of hydrogen-bond donors (Lipinski definition) is 0. The molecule has 1 aliphatic heterocycles. The number of nitrogens with zero attached hydrogens (tertiary/aromatic N) is 2. The van der Waals surface area contributed by atoms with Crippen LogP contribution in [0.4, 0.5) is 11.4 Å². The second-order valence-electron chi connectivity index (χ2n) is 6.91. The lowest BCUT2D eigenvalue weighted by atomic mass is 10.1. The Hall–Kier alpha value is -2.82. The largest absolute Gasteiger partial charge is 0.286 e. The maximum absolute atomic E-state index is 13.6. The van der Waals surface area contributed by atoms with Crippen LogP contribution in [0.2, 0.25) is 0 Å². The molecule has 7 nitrogen and oxygen atoms in total. The van der Waals surface area contributed by atoms with Gasteiger partial charge in [0.25, 0.3) is 11.6 Å². The summed E-state index contributed by atoms with van der Waals surface area (Å²) in [4.78, 5) is 25.5. The van der Waals surface area contributed by atoms with Gasteiger partial charge in [-0.3, -0.25) is 19.8 Å². The normalized spacial score (nSPS) is 19.2. The molecule has 158 valence electrons. The van der Waals surface area contributed by atoms with Crippen LogP contribution >= 0.6 is 27.3 Å². The number of rotatable bonds is 4. The summed E-state index contributed by atoms with van der Waals surface area (Å²) in [6, 6.07) is 15.8. The third-order valence-electron chi connectivity index (χ3n) is 4.78. The van der Waals surface area contributed by atoms with Gasteiger partial charge in [0.1, 0.15) is 4.91 Å². The zero-order valence-corrected chi connectivity index (χ0v) is 19.3. The highest BCUT2D eigenvalue weighted by Gasteiger charge is 2.50. The van der Waals surface area contributed by atoms with Gasteiger partial charge >= 0.3 is 0 Å². The molecule has 4 rings (SSSR count). The van der Waals surface area contributed by atoms with Gasteiger partial charge in [-0.1, -0.05) is 24.3 Å². The molecule has 0 spiro atoms. The summed E-state index contributed by atoms with van der Waals surface area (Å²) < 4.78 is 27.9. The number of aryl methyl sites for hydroxylation is 1. The molecule has 3 aromatic rings. The number of halogens is 1. The van der Waals surface area contributed by atoms with E-state index in [0.29, 0.717) is 10.6 Å². The number of thiophene rings is 1. The van der Waals surface area contributed by atoms with Crippen LogP contribution in [-0.2, 0) is 14.6 Å². The Morgan fingerprint density at radius 3 is 2.52 bits per heavy atom. The topological polar surface area (TPSA) is 97.6 Å². The minimum Gasteiger partial charge on any atom is -0.286 e. The molecule has 1 saturated heterocycles. The number of carbonyl (C=O) groups is 1. The molecule has 1 amide bonds. The second kappa shape index (κ2) is 8.03. The molecule has 0 radical (unpaired) electrons. The smallest absolute Gasteiger partial charge is 0.271 e. The molecule has 0 aliphatic carbocycles. The third-order valence-corrected chi connectivity index (χ3v) is 8.32. The Morgan fingerprint density at radius 1 is 1.13 bits per heavy atom. The number of carbonyl (C=O) groups excluding carboxylic acids is 1. The number of sulfone groups is 1. The van der Waals surface area contributed by atoms with Gasteiger partial charge in [0.05, 0.1) is 8.71 Å². The maximum Gasteiger partial charge on any atom is 0.271 e. The van der Waals surface area contributed by atoms with Gasteiger partial charge in [-0.2, -0.15) is 0 Å². The molecule has 0 bridgehead atoms. The van der Waals surface area contributed by atoms with Crippen LogP contribution in [0.25, 0.3) is 6.08 Å². The SMILES string of the molecule is Cc1cccc(N2C(=O)C(=Cc3ccc(Br)s3)S(=O)(=O)C2c2cccc([N+](=O)[O-])c2)c1. The van der Waals surface area contributed by atoms with Gasteiger partial charge < -0.3 is 0 Å². The minimum atomic E-state index is -4.17. The van der Waals surface area contributed by atoms with E-state index < -0.39 is 26.0 Å². The first kappa shape index (κ1) is 21.4. The fourth-order valence-electron chi connectivity index (χ4n) is 3.44. The number of amides is 1. The van der Waals surface area contributed by atoms with Crippen molar-refractivity contribution in [2.24, 2.45) is 0 Å². The Kier molecular flexibility index (Phi) is 5.54. The van der Waals surface area contributed by atoms with E-state index in [-0.39, 0.29) is 16.2 Å². The van der Waals surface area contributed by atoms with E-state index in [2.05, 4.69) is 15.9 Å². The molecule has 1 atom stereocenters. The lowest BCUT2D eigenvalue weighted by molar-refractivity contribution is -0.384. The van der Waals surface area contributed by atoms with Gasteiger partial charge in [0.15, 0.2) is 5.37 Å². The zero-order chi connectivity index (χ0) is 22.3. The van der Waals surface area contributed by atoms with Crippen molar-refractivity contribution in [2.45, 2.75) is 12.3 Å². The summed E-state index contributed by atoms with van der Waals surface area (Å²) in [5, 5.41) is 9.85. The number of anilines is 1.